The van der Waals surface area contributed by atoms with Crippen LogP contribution in [0.1, 0.15) is 32.4 Å². The van der Waals surface area contributed by atoms with Gasteiger partial charge in [-0.2, -0.15) is 5.10 Å². The first kappa shape index (κ1) is 13.6. The van der Waals surface area contributed by atoms with Crippen LogP contribution >= 0.6 is 0 Å². The van der Waals surface area contributed by atoms with Gasteiger partial charge >= 0.3 is 0 Å². The van der Waals surface area contributed by atoms with Gasteiger partial charge in [0.2, 0.25) is 0 Å². The van der Waals surface area contributed by atoms with Crippen molar-refractivity contribution < 1.29 is 0 Å². The van der Waals surface area contributed by atoms with Crippen molar-refractivity contribution in [3.63, 3.8) is 0 Å². The van der Waals surface area contributed by atoms with E-state index in [0.29, 0.717) is 5.54 Å². The summed E-state index contributed by atoms with van der Waals surface area (Å²) >= 11 is 0. The van der Waals surface area contributed by atoms with Crippen molar-refractivity contribution in [3.8, 4) is 0 Å². The van der Waals surface area contributed by atoms with Gasteiger partial charge in [-0.1, -0.05) is 13.8 Å². The topological polar surface area (TPSA) is 33.1 Å². The SMILES string of the molecule is CCC1(CC)CNCCN1CCc1ccnn1C. The lowest BCUT2D eigenvalue weighted by Crippen LogP contribution is -2.61. The van der Waals surface area contributed by atoms with Crippen LogP contribution in [-0.2, 0) is 13.5 Å². The molecule has 1 saturated heterocycles. The maximum atomic E-state index is 4.24. The molecule has 0 amide bonds. The number of aryl methyl sites for hydroxylation is 1. The van der Waals surface area contributed by atoms with E-state index in [0.717, 1.165) is 26.1 Å². The summed E-state index contributed by atoms with van der Waals surface area (Å²) in [5.74, 6) is 0. The molecular weight excluding hydrogens is 224 g/mol. The van der Waals surface area contributed by atoms with Crippen LogP contribution in [0.2, 0.25) is 0 Å². The van der Waals surface area contributed by atoms with Crippen LogP contribution in [0.5, 0.6) is 0 Å². The van der Waals surface area contributed by atoms with E-state index < -0.39 is 0 Å². The molecule has 1 aromatic heterocycles. The Morgan fingerprint density at radius 1 is 1.39 bits per heavy atom. The van der Waals surface area contributed by atoms with Crippen molar-refractivity contribution in [2.45, 2.75) is 38.6 Å². The molecule has 2 heterocycles. The Labute approximate surface area is 110 Å². The maximum Gasteiger partial charge on any atom is 0.0492 e. The second kappa shape index (κ2) is 5.85. The minimum absolute atomic E-state index is 0.358. The summed E-state index contributed by atoms with van der Waals surface area (Å²) in [6.07, 6.45) is 5.43. The van der Waals surface area contributed by atoms with Crippen LogP contribution in [0.4, 0.5) is 0 Å². The number of hydrogen-bond donors (Lipinski definition) is 1. The highest BCUT2D eigenvalue weighted by Gasteiger charge is 2.35. The number of aromatic nitrogens is 2. The normalized spacial score (nSPS) is 20.2. The molecule has 0 unspecified atom stereocenters. The third kappa shape index (κ3) is 2.59. The van der Waals surface area contributed by atoms with Gasteiger partial charge in [-0.3, -0.25) is 9.58 Å². The van der Waals surface area contributed by atoms with Crippen LogP contribution in [0, 0.1) is 0 Å². The monoisotopic (exact) mass is 250 g/mol. The molecule has 102 valence electrons. The quantitative estimate of drug-likeness (QED) is 0.858. The van der Waals surface area contributed by atoms with Crippen molar-refractivity contribution in [3.05, 3.63) is 18.0 Å². The number of nitrogens with one attached hydrogen (secondary N) is 1. The van der Waals surface area contributed by atoms with Crippen molar-refractivity contribution in [1.29, 1.82) is 0 Å². The highest BCUT2D eigenvalue weighted by Crippen LogP contribution is 2.25. The van der Waals surface area contributed by atoms with Crippen LogP contribution in [-0.4, -0.2) is 46.4 Å². The van der Waals surface area contributed by atoms with Gasteiger partial charge in [0.05, 0.1) is 0 Å². The van der Waals surface area contributed by atoms with E-state index in [9.17, 15) is 0 Å². The van der Waals surface area contributed by atoms with Crippen molar-refractivity contribution in [2.24, 2.45) is 7.05 Å². The van der Waals surface area contributed by atoms with Gasteiger partial charge in [-0.15, -0.1) is 0 Å². The van der Waals surface area contributed by atoms with E-state index in [1.165, 1.54) is 25.1 Å². The lowest BCUT2D eigenvalue weighted by atomic mass is 9.88. The van der Waals surface area contributed by atoms with Gasteiger partial charge < -0.3 is 5.32 Å². The van der Waals surface area contributed by atoms with E-state index in [4.69, 9.17) is 0 Å². The molecule has 1 N–H and O–H groups in total. The predicted octanol–water partition coefficient (Wildman–Crippen LogP) is 1.43. The maximum absolute atomic E-state index is 4.24. The number of rotatable bonds is 5. The molecule has 4 nitrogen and oxygen atoms in total. The molecule has 0 atom stereocenters. The first-order valence-corrected chi connectivity index (χ1v) is 7.14. The van der Waals surface area contributed by atoms with Crippen LogP contribution in [0.3, 0.4) is 0 Å². The van der Waals surface area contributed by atoms with Crippen LogP contribution in [0.25, 0.3) is 0 Å². The Balaban J connectivity index is 2.00. The average molecular weight is 250 g/mol. The highest BCUT2D eigenvalue weighted by atomic mass is 15.3. The summed E-state index contributed by atoms with van der Waals surface area (Å²) in [7, 11) is 2.03. The van der Waals surface area contributed by atoms with Crippen LogP contribution in [0.15, 0.2) is 12.3 Å². The van der Waals surface area contributed by atoms with E-state index in [-0.39, 0.29) is 0 Å². The molecule has 1 fully saturated rings. The number of hydrogen-bond acceptors (Lipinski definition) is 3. The van der Waals surface area contributed by atoms with Gasteiger partial charge in [-0.25, -0.2) is 0 Å². The van der Waals surface area contributed by atoms with Gasteiger partial charge in [0.15, 0.2) is 0 Å². The van der Waals surface area contributed by atoms with Crippen molar-refractivity contribution in [2.75, 3.05) is 26.2 Å². The van der Waals surface area contributed by atoms with E-state index in [2.05, 4.69) is 35.2 Å². The van der Waals surface area contributed by atoms with E-state index >= 15 is 0 Å². The third-order valence-electron chi connectivity index (χ3n) is 4.56. The van der Waals surface area contributed by atoms with Gasteiger partial charge in [0.1, 0.15) is 0 Å². The zero-order chi connectivity index (χ0) is 13.0. The molecule has 4 heteroatoms. The molecule has 1 aliphatic heterocycles. The summed E-state index contributed by atoms with van der Waals surface area (Å²) in [6, 6.07) is 2.13. The van der Waals surface area contributed by atoms with Crippen molar-refractivity contribution >= 4 is 0 Å². The summed E-state index contributed by atoms with van der Waals surface area (Å²) in [4.78, 5) is 2.68. The number of nitrogens with zero attached hydrogens (tertiary/aromatic N) is 3. The van der Waals surface area contributed by atoms with E-state index in [1.807, 2.05) is 17.9 Å². The molecule has 18 heavy (non-hydrogen) atoms. The molecule has 2 rings (SSSR count). The molecule has 0 bridgehead atoms. The largest absolute Gasteiger partial charge is 0.314 e. The molecule has 0 radical (unpaired) electrons. The fraction of sp³-hybridized carbons (Fsp3) is 0.786. The summed E-state index contributed by atoms with van der Waals surface area (Å²) in [5, 5.41) is 7.80. The Morgan fingerprint density at radius 2 is 2.17 bits per heavy atom. The lowest BCUT2D eigenvalue weighted by molar-refractivity contribution is 0.0529. The smallest absolute Gasteiger partial charge is 0.0492 e. The fourth-order valence-corrected chi connectivity index (χ4v) is 3.08. The third-order valence-corrected chi connectivity index (χ3v) is 4.56. The first-order valence-electron chi connectivity index (χ1n) is 7.14. The molecule has 0 saturated carbocycles. The average Bonchev–Trinajstić information content (AvgIpc) is 2.82. The van der Waals surface area contributed by atoms with Crippen molar-refractivity contribution in [1.82, 2.24) is 20.0 Å². The second-order valence-corrected chi connectivity index (χ2v) is 5.29. The predicted molar refractivity (Wildman–Crippen MR) is 74.7 cm³/mol. The fourth-order valence-electron chi connectivity index (χ4n) is 3.08. The van der Waals surface area contributed by atoms with Gasteiger partial charge in [0.25, 0.3) is 0 Å². The van der Waals surface area contributed by atoms with Gasteiger partial charge in [0, 0.05) is 57.1 Å². The Hall–Kier alpha value is -0.870. The number of piperazine rings is 1. The van der Waals surface area contributed by atoms with Gasteiger partial charge in [-0.05, 0) is 18.9 Å². The standard InChI is InChI=1S/C14H26N4/c1-4-14(5-2)12-15-9-11-18(14)10-7-13-6-8-16-17(13)3/h6,8,15H,4-5,7,9-12H2,1-3H3. The molecule has 1 aromatic rings. The zero-order valence-electron chi connectivity index (χ0n) is 11.9. The first-order chi connectivity index (χ1) is 8.72. The molecule has 0 spiro atoms. The molecule has 0 aliphatic carbocycles. The Morgan fingerprint density at radius 3 is 2.78 bits per heavy atom. The van der Waals surface area contributed by atoms with Crippen LogP contribution < -0.4 is 5.32 Å². The Bertz CT molecular complexity index is 368. The molecular formula is C14H26N4. The second-order valence-electron chi connectivity index (χ2n) is 5.29. The lowest BCUT2D eigenvalue weighted by Gasteiger charge is -2.47. The zero-order valence-corrected chi connectivity index (χ0v) is 11.9. The summed E-state index contributed by atoms with van der Waals surface area (Å²) in [6.45, 7) is 9.18. The summed E-state index contributed by atoms with van der Waals surface area (Å²) < 4.78 is 1.99. The minimum atomic E-state index is 0.358. The minimum Gasteiger partial charge on any atom is -0.314 e. The molecule has 0 aromatic carbocycles. The summed E-state index contributed by atoms with van der Waals surface area (Å²) in [5.41, 5.74) is 1.69. The Kier molecular flexibility index (Phi) is 4.40. The van der Waals surface area contributed by atoms with E-state index in [1.54, 1.807) is 0 Å². The molecule has 1 aliphatic rings. The highest BCUT2D eigenvalue weighted by molar-refractivity contribution is 5.02.